The Bertz CT molecular complexity index is 1400. The van der Waals surface area contributed by atoms with Gasteiger partial charge in [0.05, 0.1) is 26.6 Å². The first-order chi connectivity index (χ1) is 15.1. The topological polar surface area (TPSA) is 58.5 Å². The lowest BCUT2D eigenvalue weighted by Gasteiger charge is -2.11. The van der Waals surface area contributed by atoms with Gasteiger partial charge in [-0.05, 0) is 49.2 Å². The zero-order chi connectivity index (χ0) is 21.4. The van der Waals surface area contributed by atoms with Crippen molar-refractivity contribution in [1.29, 1.82) is 0 Å². The highest BCUT2D eigenvalue weighted by Gasteiger charge is 2.24. The Morgan fingerprint density at radius 2 is 1.61 bits per heavy atom. The molecule has 7 heteroatoms. The standard InChI is InChI=1S/C24H18N4OS2/c1-15-7-10-17(11-8-15)14-25-28(24-27-19-12-9-16(2)13-21(19)31-24)23(29)22-26-18-5-3-4-6-20(18)30-22/h3-14H,1-2H3/b25-14+. The van der Waals surface area contributed by atoms with Gasteiger partial charge in [-0.25, -0.2) is 9.97 Å². The van der Waals surface area contributed by atoms with Crippen molar-refractivity contribution >= 4 is 60.4 Å². The normalized spacial score (nSPS) is 11.5. The van der Waals surface area contributed by atoms with Crippen molar-refractivity contribution in [3.05, 3.63) is 88.4 Å². The van der Waals surface area contributed by atoms with E-state index in [0.717, 1.165) is 31.6 Å². The third-order valence-corrected chi connectivity index (χ3v) is 6.80. The van der Waals surface area contributed by atoms with E-state index in [9.17, 15) is 4.79 Å². The fraction of sp³-hybridized carbons (Fsp3) is 0.0833. The molecule has 0 N–H and O–H groups in total. The van der Waals surface area contributed by atoms with Gasteiger partial charge in [0.1, 0.15) is 0 Å². The summed E-state index contributed by atoms with van der Waals surface area (Å²) in [5, 5.41) is 6.80. The molecule has 0 aliphatic heterocycles. The van der Waals surface area contributed by atoms with Crippen molar-refractivity contribution in [3.8, 4) is 0 Å². The van der Waals surface area contributed by atoms with Crippen LogP contribution in [0.2, 0.25) is 0 Å². The van der Waals surface area contributed by atoms with Gasteiger partial charge >= 0.3 is 5.91 Å². The first kappa shape index (κ1) is 19.5. The number of hydrogen-bond acceptors (Lipinski definition) is 6. The molecule has 5 rings (SSSR count). The van der Waals surface area contributed by atoms with Crippen molar-refractivity contribution in [1.82, 2.24) is 9.97 Å². The maximum atomic E-state index is 13.5. The Hall–Kier alpha value is -3.42. The van der Waals surface area contributed by atoms with Crippen LogP contribution in [-0.4, -0.2) is 22.1 Å². The molecule has 0 fully saturated rings. The predicted molar refractivity (Wildman–Crippen MR) is 130 cm³/mol. The number of carbonyl (C=O) groups excluding carboxylic acids is 1. The first-order valence-corrected chi connectivity index (χ1v) is 11.4. The van der Waals surface area contributed by atoms with Crippen molar-refractivity contribution in [2.24, 2.45) is 5.10 Å². The number of thiazole rings is 2. The number of para-hydroxylation sites is 1. The maximum absolute atomic E-state index is 13.5. The number of benzene rings is 3. The van der Waals surface area contributed by atoms with Crippen LogP contribution in [0.3, 0.4) is 0 Å². The molecule has 0 spiro atoms. The molecule has 0 aliphatic carbocycles. The molecule has 0 aliphatic rings. The van der Waals surface area contributed by atoms with E-state index in [1.807, 2.05) is 74.5 Å². The van der Waals surface area contributed by atoms with Crippen molar-refractivity contribution in [2.45, 2.75) is 13.8 Å². The Morgan fingerprint density at radius 3 is 2.42 bits per heavy atom. The second kappa shape index (κ2) is 8.02. The lowest BCUT2D eigenvalue weighted by atomic mass is 10.2. The molecule has 0 saturated carbocycles. The molecular weight excluding hydrogens is 424 g/mol. The summed E-state index contributed by atoms with van der Waals surface area (Å²) in [4.78, 5) is 22.7. The molecule has 152 valence electrons. The van der Waals surface area contributed by atoms with Gasteiger partial charge < -0.3 is 0 Å². The van der Waals surface area contributed by atoms with Crippen LogP contribution >= 0.6 is 22.7 Å². The number of hydrogen-bond donors (Lipinski definition) is 0. The summed E-state index contributed by atoms with van der Waals surface area (Å²) in [5.74, 6) is -0.291. The summed E-state index contributed by atoms with van der Waals surface area (Å²) < 4.78 is 1.98. The van der Waals surface area contributed by atoms with Crippen LogP contribution in [0.5, 0.6) is 0 Å². The molecule has 5 aromatic rings. The fourth-order valence-electron chi connectivity index (χ4n) is 3.13. The second-order valence-electron chi connectivity index (χ2n) is 7.23. The molecule has 1 amide bonds. The average molecular weight is 443 g/mol. The van der Waals surface area contributed by atoms with E-state index in [-0.39, 0.29) is 5.91 Å². The van der Waals surface area contributed by atoms with E-state index < -0.39 is 0 Å². The first-order valence-electron chi connectivity index (χ1n) is 9.75. The number of nitrogens with zero attached hydrogens (tertiary/aromatic N) is 4. The molecular formula is C24H18N4OS2. The van der Waals surface area contributed by atoms with Crippen molar-refractivity contribution in [3.63, 3.8) is 0 Å². The maximum Gasteiger partial charge on any atom is 0.309 e. The average Bonchev–Trinajstić information content (AvgIpc) is 3.38. The van der Waals surface area contributed by atoms with E-state index in [1.165, 1.54) is 33.2 Å². The SMILES string of the molecule is Cc1ccc(/C=N/N(C(=O)c2nc3ccccc3s2)c2nc3ccc(C)cc3s2)cc1. The van der Waals surface area contributed by atoms with Gasteiger partial charge in [-0.1, -0.05) is 59.4 Å². The van der Waals surface area contributed by atoms with E-state index in [4.69, 9.17) is 0 Å². The number of carbonyl (C=O) groups is 1. The summed E-state index contributed by atoms with van der Waals surface area (Å²) in [6, 6.07) is 21.8. The minimum atomic E-state index is -0.291. The number of aryl methyl sites for hydroxylation is 2. The van der Waals surface area contributed by atoms with Crippen LogP contribution < -0.4 is 5.01 Å². The Labute approximate surface area is 187 Å². The monoisotopic (exact) mass is 442 g/mol. The molecule has 0 radical (unpaired) electrons. The molecule has 2 aromatic heterocycles. The lowest BCUT2D eigenvalue weighted by molar-refractivity contribution is 0.0987. The molecule has 2 heterocycles. The summed E-state index contributed by atoms with van der Waals surface area (Å²) >= 11 is 2.81. The zero-order valence-corrected chi connectivity index (χ0v) is 18.6. The Morgan fingerprint density at radius 1 is 0.871 bits per heavy atom. The van der Waals surface area contributed by atoms with E-state index in [1.54, 1.807) is 6.21 Å². The summed E-state index contributed by atoms with van der Waals surface area (Å²) in [6.07, 6.45) is 1.68. The molecule has 3 aromatic carbocycles. The highest BCUT2D eigenvalue weighted by molar-refractivity contribution is 7.22. The van der Waals surface area contributed by atoms with Gasteiger partial charge in [-0.15, -0.1) is 11.3 Å². The highest BCUT2D eigenvalue weighted by atomic mass is 32.1. The number of rotatable bonds is 4. The van der Waals surface area contributed by atoms with Gasteiger partial charge in [0.25, 0.3) is 0 Å². The van der Waals surface area contributed by atoms with Gasteiger partial charge in [-0.2, -0.15) is 10.1 Å². The predicted octanol–water partition coefficient (Wildman–Crippen LogP) is 6.20. The molecule has 31 heavy (non-hydrogen) atoms. The van der Waals surface area contributed by atoms with E-state index >= 15 is 0 Å². The molecule has 0 bridgehead atoms. The number of hydrazone groups is 1. The van der Waals surface area contributed by atoms with Crippen molar-refractivity contribution in [2.75, 3.05) is 5.01 Å². The molecule has 0 saturated heterocycles. The lowest BCUT2D eigenvalue weighted by Crippen LogP contribution is -2.25. The minimum Gasteiger partial charge on any atom is -0.264 e. The third kappa shape index (κ3) is 3.97. The van der Waals surface area contributed by atoms with Gasteiger partial charge in [0.15, 0.2) is 5.01 Å². The summed E-state index contributed by atoms with van der Waals surface area (Å²) in [6.45, 7) is 4.07. The quantitative estimate of drug-likeness (QED) is 0.246. The zero-order valence-electron chi connectivity index (χ0n) is 16.9. The number of fused-ring (bicyclic) bond motifs is 2. The Balaban J connectivity index is 1.58. The van der Waals surface area contributed by atoms with Gasteiger partial charge in [0, 0.05) is 0 Å². The fourth-order valence-corrected chi connectivity index (χ4v) is 5.04. The van der Waals surface area contributed by atoms with Crippen molar-refractivity contribution < 1.29 is 4.79 Å². The summed E-state index contributed by atoms with van der Waals surface area (Å²) in [5.41, 5.74) is 4.87. The van der Waals surface area contributed by atoms with Crippen LogP contribution in [0.1, 0.15) is 26.5 Å². The third-order valence-electron chi connectivity index (χ3n) is 4.78. The summed E-state index contributed by atoms with van der Waals surface area (Å²) in [7, 11) is 0. The molecule has 0 atom stereocenters. The Kier molecular flexibility index (Phi) is 5.05. The number of anilines is 1. The largest absolute Gasteiger partial charge is 0.309 e. The van der Waals surface area contributed by atoms with E-state index in [0.29, 0.717) is 10.1 Å². The number of aromatic nitrogens is 2. The number of amides is 1. The minimum absolute atomic E-state index is 0.291. The van der Waals surface area contributed by atoms with Crippen LogP contribution in [0, 0.1) is 13.8 Å². The van der Waals surface area contributed by atoms with Crippen LogP contribution in [0.15, 0.2) is 71.8 Å². The highest BCUT2D eigenvalue weighted by Crippen LogP contribution is 2.32. The van der Waals surface area contributed by atoms with Gasteiger partial charge in [-0.3, -0.25) is 4.79 Å². The van der Waals surface area contributed by atoms with Crippen LogP contribution in [0.4, 0.5) is 5.13 Å². The molecule has 0 unspecified atom stereocenters. The van der Waals surface area contributed by atoms with Crippen LogP contribution in [-0.2, 0) is 0 Å². The smallest absolute Gasteiger partial charge is 0.264 e. The second-order valence-corrected chi connectivity index (χ2v) is 9.27. The van der Waals surface area contributed by atoms with E-state index in [2.05, 4.69) is 21.1 Å². The van der Waals surface area contributed by atoms with Crippen LogP contribution in [0.25, 0.3) is 20.4 Å². The molecule has 5 nitrogen and oxygen atoms in total. The van der Waals surface area contributed by atoms with Gasteiger partial charge in [0.2, 0.25) is 5.13 Å².